The minimum Gasteiger partial charge on any atom is -0.372 e. The lowest BCUT2D eigenvalue weighted by Gasteiger charge is -2.19. The summed E-state index contributed by atoms with van der Waals surface area (Å²) < 4.78 is 0. The van der Waals surface area contributed by atoms with Crippen LogP contribution in [0.4, 0.5) is 5.82 Å². The van der Waals surface area contributed by atoms with Crippen LogP contribution in [0.1, 0.15) is 36.7 Å². The lowest BCUT2D eigenvalue weighted by molar-refractivity contribution is 0.0754. The number of nitrogens with zero attached hydrogens (tertiary/aromatic N) is 3. The number of hydrogen-bond donors (Lipinski definition) is 1. The molecule has 1 N–H and O–H groups in total. The van der Waals surface area contributed by atoms with Gasteiger partial charge in [-0.2, -0.15) is 0 Å². The Kier molecular flexibility index (Phi) is 4.12. The number of likely N-dealkylation sites (tertiary alicyclic amines) is 1. The number of carbonyl (C=O) groups excluding carboxylic acids is 1. The van der Waals surface area contributed by atoms with Crippen molar-refractivity contribution in [1.29, 1.82) is 0 Å². The highest BCUT2D eigenvalue weighted by atomic mass is 16.2. The lowest BCUT2D eigenvalue weighted by Crippen LogP contribution is -2.32. The summed E-state index contributed by atoms with van der Waals surface area (Å²) in [5.74, 6) is 1.33. The normalized spacial score (nSPS) is 20.3. The van der Waals surface area contributed by atoms with E-state index in [1.54, 1.807) is 13.2 Å². The van der Waals surface area contributed by atoms with Gasteiger partial charge in [0.2, 0.25) is 0 Å². The van der Waals surface area contributed by atoms with Gasteiger partial charge in [-0.15, -0.1) is 0 Å². The first kappa shape index (κ1) is 12.8. The number of amides is 1. The third kappa shape index (κ3) is 2.97. The van der Waals surface area contributed by atoms with Crippen LogP contribution in [-0.2, 0) is 0 Å². The highest BCUT2D eigenvalue weighted by molar-refractivity contribution is 5.92. The highest BCUT2D eigenvalue weighted by Gasteiger charge is 2.21. The number of nitrogens with one attached hydrogen (secondary N) is 1. The van der Waals surface area contributed by atoms with E-state index in [1.807, 2.05) is 4.90 Å². The van der Waals surface area contributed by atoms with Crippen LogP contribution in [0.15, 0.2) is 12.4 Å². The van der Waals surface area contributed by atoms with Crippen molar-refractivity contribution in [2.75, 3.05) is 25.5 Å². The molecule has 1 amide bonds. The SMILES string of the molecule is CNc1cncc(C(=O)N2CCCC(C)CC2)n1. The molecule has 2 heterocycles. The molecule has 1 saturated heterocycles. The van der Waals surface area contributed by atoms with Crippen molar-refractivity contribution in [1.82, 2.24) is 14.9 Å². The van der Waals surface area contributed by atoms with E-state index in [0.717, 1.165) is 25.9 Å². The first-order valence-corrected chi connectivity index (χ1v) is 6.49. The fourth-order valence-corrected chi connectivity index (χ4v) is 2.22. The van der Waals surface area contributed by atoms with Crippen LogP contribution in [0.5, 0.6) is 0 Å². The smallest absolute Gasteiger partial charge is 0.274 e. The van der Waals surface area contributed by atoms with Gasteiger partial charge >= 0.3 is 0 Å². The molecule has 5 heteroatoms. The van der Waals surface area contributed by atoms with Gasteiger partial charge in [0.05, 0.1) is 12.4 Å². The molecule has 1 aromatic heterocycles. The highest BCUT2D eigenvalue weighted by Crippen LogP contribution is 2.17. The molecule has 1 aliphatic heterocycles. The zero-order valence-electron chi connectivity index (χ0n) is 11.0. The molecule has 0 bridgehead atoms. The number of anilines is 1. The second-order valence-corrected chi connectivity index (χ2v) is 4.87. The molecule has 1 fully saturated rings. The van der Waals surface area contributed by atoms with E-state index >= 15 is 0 Å². The Bertz CT molecular complexity index is 421. The van der Waals surface area contributed by atoms with E-state index in [-0.39, 0.29) is 5.91 Å². The van der Waals surface area contributed by atoms with Crippen molar-refractivity contribution in [3.63, 3.8) is 0 Å². The van der Waals surface area contributed by atoms with Crippen molar-refractivity contribution in [2.45, 2.75) is 26.2 Å². The van der Waals surface area contributed by atoms with Gasteiger partial charge in [0.1, 0.15) is 11.5 Å². The fraction of sp³-hybridized carbons (Fsp3) is 0.615. The van der Waals surface area contributed by atoms with Crippen molar-refractivity contribution in [2.24, 2.45) is 5.92 Å². The first-order valence-electron chi connectivity index (χ1n) is 6.49. The summed E-state index contributed by atoms with van der Waals surface area (Å²) in [5, 5.41) is 2.90. The third-order valence-corrected chi connectivity index (χ3v) is 3.41. The Hall–Kier alpha value is -1.65. The first-order chi connectivity index (χ1) is 8.70. The number of carbonyl (C=O) groups is 1. The average Bonchev–Trinajstić information content (AvgIpc) is 2.63. The molecule has 0 aromatic carbocycles. The molecule has 1 aliphatic rings. The maximum Gasteiger partial charge on any atom is 0.274 e. The minimum absolute atomic E-state index is 0.00583. The molecule has 0 radical (unpaired) electrons. The quantitative estimate of drug-likeness (QED) is 0.866. The predicted octanol–water partition coefficient (Wildman–Crippen LogP) is 1.78. The minimum atomic E-state index is -0.00583. The van der Waals surface area contributed by atoms with Gasteiger partial charge in [0, 0.05) is 20.1 Å². The fourth-order valence-electron chi connectivity index (χ4n) is 2.22. The summed E-state index contributed by atoms with van der Waals surface area (Å²) in [5.41, 5.74) is 0.427. The van der Waals surface area contributed by atoms with Gasteiger partial charge in [0.25, 0.3) is 5.91 Å². The summed E-state index contributed by atoms with van der Waals surface area (Å²) in [7, 11) is 1.77. The number of hydrogen-bond acceptors (Lipinski definition) is 4. The lowest BCUT2D eigenvalue weighted by atomic mass is 10.0. The second-order valence-electron chi connectivity index (χ2n) is 4.87. The monoisotopic (exact) mass is 248 g/mol. The zero-order chi connectivity index (χ0) is 13.0. The topological polar surface area (TPSA) is 58.1 Å². The third-order valence-electron chi connectivity index (χ3n) is 3.41. The summed E-state index contributed by atoms with van der Waals surface area (Å²) in [6.07, 6.45) is 6.50. The van der Waals surface area contributed by atoms with E-state index < -0.39 is 0 Å². The van der Waals surface area contributed by atoms with E-state index in [0.29, 0.717) is 17.4 Å². The molecule has 0 saturated carbocycles. The summed E-state index contributed by atoms with van der Waals surface area (Å²) in [6.45, 7) is 3.90. The molecule has 0 spiro atoms. The predicted molar refractivity (Wildman–Crippen MR) is 70.5 cm³/mol. The van der Waals surface area contributed by atoms with Gasteiger partial charge in [0.15, 0.2) is 0 Å². The Morgan fingerprint density at radius 1 is 1.39 bits per heavy atom. The zero-order valence-corrected chi connectivity index (χ0v) is 11.0. The van der Waals surface area contributed by atoms with Crippen molar-refractivity contribution in [3.05, 3.63) is 18.1 Å². The Balaban J connectivity index is 2.09. The van der Waals surface area contributed by atoms with E-state index in [1.165, 1.54) is 12.6 Å². The standard InChI is InChI=1S/C13H20N4O/c1-10-4-3-6-17(7-5-10)13(18)11-8-15-9-12(14-2)16-11/h8-10H,3-7H2,1-2H3,(H,14,16). The Labute approximate surface area is 108 Å². The molecule has 2 rings (SSSR count). The molecule has 1 aromatic rings. The Morgan fingerprint density at radius 3 is 3.00 bits per heavy atom. The van der Waals surface area contributed by atoms with Gasteiger partial charge in [-0.3, -0.25) is 9.78 Å². The molecular weight excluding hydrogens is 228 g/mol. The molecule has 0 aliphatic carbocycles. The molecule has 1 unspecified atom stereocenters. The van der Waals surface area contributed by atoms with E-state index in [2.05, 4.69) is 22.2 Å². The largest absolute Gasteiger partial charge is 0.372 e. The van der Waals surface area contributed by atoms with Crippen LogP contribution in [0, 0.1) is 5.92 Å². The summed E-state index contributed by atoms with van der Waals surface area (Å²) in [6, 6.07) is 0. The Morgan fingerprint density at radius 2 is 2.22 bits per heavy atom. The summed E-state index contributed by atoms with van der Waals surface area (Å²) in [4.78, 5) is 22.5. The van der Waals surface area contributed by atoms with E-state index in [9.17, 15) is 4.79 Å². The van der Waals surface area contributed by atoms with Crippen LogP contribution in [0.2, 0.25) is 0 Å². The molecular formula is C13H20N4O. The van der Waals surface area contributed by atoms with Crippen LogP contribution in [0.25, 0.3) is 0 Å². The van der Waals surface area contributed by atoms with Crippen molar-refractivity contribution in [3.8, 4) is 0 Å². The average molecular weight is 248 g/mol. The van der Waals surface area contributed by atoms with Gasteiger partial charge in [-0.1, -0.05) is 6.92 Å². The maximum atomic E-state index is 12.3. The van der Waals surface area contributed by atoms with E-state index in [4.69, 9.17) is 0 Å². The van der Waals surface area contributed by atoms with Crippen LogP contribution in [-0.4, -0.2) is 40.9 Å². The van der Waals surface area contributed by atoms with Gasteiger partial charge < -0.3 is 10.2 Å². The van der Waals surface area contributed by atoms with Crippen molar-refractivity contribution < 1.29 is 4.79 Å². The number of aromatic nitrogens is 2. The molecule has 5 nitrogen and oxygen atoms in total. The van der Waals surface area contributed by atoms with Crippen LogP contribution < -0.4 is 5.32 Å². The maximum absolute atomic E-state index is 12.3. The van der Waals surface area contributed by atoms with Crippen molar-refractivity contribution >= 4 is 11.7 Å². The second kappa shape index (κ2) is 5.80. The summed E-state index contributed by atoms with van der Waals surface area (Å²) >= 11 is 0. The number of rotatable bonds is 2. The molecule has 98 valence electrons. The molecule has 1 atom stereocenters. The van der Waals surface area contributed by atoms with Crippen LogP contribution >= 0.6 is 0 Å². The van der Waals surface area contributed by atoms with Gasteiger partial charge in [-0.25, -0.2) is 4.98 Å². The molecule has 18 heavy (non-hydrogen) atoms. The van der Waals surface area contributed by atoms with Gasteiger partial charge in [-0.05, 0) is 25.2 Å². The van der Waals surface area contributed by atoms with Crippen LogP contribution in [0.3, 0.4) is 0 Å².